The first kappa shape index (κ1) is 37.2. The third-order valence-electron chi connectivity index (χ3n) is 6.20. The van der Waals surface area contributed by atoms with E-state index in [9.17, 15) is 24.0 Å². The number of nitrogens with zero attached hydrogens (tertiary/aromatic N) is 3. The molecular formula is C27H48N4O11. The molecule has 2 heterocycles. The smallest absolute Gasteiger partial charge is 0.344 e. The van der Waals surface area contributed by atoms with Crippen molar-refractivity contribution in [2.24, 2.45) is 0 Å². The van der Waals surface area contributed by atoms with Crippen LogP contribution in [-0.2, 0) is 52.4 Å². The molecule has 0 atom stereocenters. The molecule has 0 aromatic carbocycles. The molecule has 0 aromatic heterocycles. The molecule has 2 saturated heterocycles. The van der Waals surface area contributed by atoms with E-state index in [-0.39, 0.29) is 56.9 Å². The lowest BCUT2D eigenvalue weighted by molar-refractivity contribution is -0.167. The molecule has 0 unspecified atom stereocenters. The van der Waals surface area contributed by atoms with Gasteiger partial charge in [-0.25, -0.2) is 4.79 Å². The summed E-state index contributed by atoms with van der Waals surface area (Å²) in [5, 5.41) is 3.26. The van der Waals surface area contributed by atoms with Gasteiger partial charge in [-0.3, -0.25) is 19.2 Å². The van der Waals surface area contributed by atoms with Gasteiger partial charge in [0, 0.05) is 79.1 Å². The highest BCUT2D eigenvalue weighted by Crippen LogP contribution is 2.05. The zero-order valence-corrected chi connectivity index (χ0v) is 25.2. The van der Waals surface area contributed by atoms with Crippen molar-refractivity contribution in [3.8, 4) is 0 Å². The van der Waals surface area contributed by atoms with E-state index in [0.29, 0.717) is 39.1 Å². The minimum Gasteiger partial charge on any atom is -0.463 e. The van der Waals surface area contributed by atoms with Gasteiger partial charge in [0.05, 0.1) is 32.0 Å². The monoisotopic (exact) mass is 604 g/mol. The molecular weight excluding hydrogens is 556 g/mol. The second-order valence-corrected chi connectivity index (χ2v) is 9.83. The van der Waals surface area contributed by atoms with Crippen molar-refractivity contribution in [1.82, 2.24) is 20.0 Å². The number of hydrogen-bond donors (Lipinski definition) is 1. The third kappa shape index (κ3) is 20.1. The van der Waals surface area contributed by atoms with Gasteiger partial charge in [0.15, 0.2) is 6.61 Å². The standard InChI is InChI=1S/C21H38N4O6.C6H10O5/c1-18(2)31-21(28)5-10-25-15-13-24(14-16-25)9-4-20(27)30-17-29-19(26)3-8-23-11-6-22-7-12-23;1-9-2-3-11-6(8)4-10-5-7/h18,22H,3-17H2,1-2H3;5H,2-4H2,1H3. The van der Waals surface area contributed by atoms with Crippen molar-refractivity contribution in [2.75, 3.05) is 106 Å². The van der Waals surface area contributed by atoms with E-state index >= 15 is 0 Å². The van der Waals surface area contributed by atoms with Gasteiger partial charge in [0.25, 0.3) is 6.47 Å². The lowest BCUT2D eigenvalue weighted by Gasteiger charge is -2.34. The quantitative estimate of drug-likeness (QED) is 0.0668. The Kier molecular flexibility index (Phi) is 21.0. The van der Waals surface area contributed by atoms with Gasteiger partial charge in [-0.1, -0.05) is 0 Å². The average molecular weight is 605 g/mol. The van der Waals surface area contributed by atoms with E-state index in [2.05, 4.69) is 34.2 Å². The van der Waals surface area contributed by atoms with Gasteiger partial charge in [0.2, 0.25) is 6.79 Å². The molecule has 42 heavy (non-hydrogen) atoms. The minimum absolute atomic E-state index is 0.0788. The second kappa shape index (κ2) is 23.7. The molecule has 0 amide bonds. The van der Waals surface area contributed by atoms with Gasteiger partial charge in [-0.15, -0.1) is 0 Å². The fourth-order valence-electron chi connectivity index (χ4n) is 3.93. The number of rotatable bonds is 18. The van der Waals surface area contributed by atoms with E-state index < -0.39 is 5.97 Å². The second-order valence-electron chi connectivity index (χ2n) is 9.83. The highest BCUT2D eigenvalue weighted by atomic mass is 16.7. The highest BCUT2D eigenvalue weighted by Gasteiger charge is 2.19. The molecule has 2 fully saturated rings. The SMILES string of the molecule is CC(C)OC(=O)CCN1CCN(CCC(=O)OCOC(=O)CCN2CCNCC2)CC1.COCCOC(=O)COC=O. The van der Waals surface area contributed by atoms with Crippen LogP contribution in [0.25, 0.3) is 0 Å². The maximum Gasteiger partial charge on any atom is 0.344 e. The molecule has 15 nitrogen and oxygen atoms in total. The van der Waals surface area contributed by atoms with Gasteiger partial charge >= 0.3 is 23.9 Å². The Balaban J connectivity index is 0.000000679. The van der Waals surface area contributed by atoms with Crippen LogP contribution in [0.1, 0.15) is 33.1 Å². The summed E-state index contributed by atoms with van der Waals surface area (Å²) in [6, 6.07) is 0. The Morgan fingerprint density at radius 1 is 0.714 bits per heavy atom. The Hall–Kier alpha value is -2.85. The molecule has 2 aliphatic rings. The van der Waals surface area contributed by atoms with E-state index in [1.165, 1.54) is 7.11 Å². The van der Waals surface area contributed by atoms with Crippen molar-refractivity contribution in [2.45, 2.75) is 39.2 Å². The number of ether oxygens (including phenoxy) is 6. The number of carbonyl (C=O) groups is 5. The maximum atomic E-state index is 11.9. The van der Waals surface area contributed by atoms with Crippen molar-refractivity contribution >= 4 is 30.3 Å². The van der Waals surface area contributed by atoms with E-state index in [1.807, 2.05) is 13.8 Å². The molecule has 0 bridgehead atoms. The van der Waals surface area contributed by atoms with Crippen LogP contribution in [0.3, 0.4) is 0 Å². The molecule has 242 valence electrons. The first-order valence-electron chi connectivity index (χ1n) is 14.3. The summed E-state index contributed by atoms with van der Waals surface area (Å²) in [6.07, 6.45) is 0.888. The van der Waals surface area contributed by atoms with Gasteiger partial charge in [-0.2, -0.15) is 0 Å². The summed E-state index contributed by atoms with van der Waals surface area (Å²) in [5.74, 6) is -1.45. The number of carbonyl (C=O) groups excluding carboxylic acids is 5. The summed E-state index contributed by atoms with van der Waals surface area (Å²) in [4.78, 5) is 62.0. The summed E-state index contributed by atoms with van der Waals surface area (Å²) in [6.45, 7) is 12.9. The Labute approximate surface area is 248 Å². The predicted molar refractivity (Wildman–Crippen MR) is 149 cm³/mol. The topological polar surface area (TPSA) is 162 Å². The number of nitrogens with one attached hydrogen (secondary N) is 1. The summed E-state index contributed by atoms with van der Waals surface area (Å²) in [7, 11) is 1.50. The van der Waals surface area contributed by atoms with Crippen LogP contribution in [0.15, 0.2) is 0 Å². The minimum atomic E-state index is -0.575. The summed E-state index contributed by atoms with van der Waals surface area (Å²) < 4.78 is 28.4. The van der Waals surface area contributed by atoms with Crippen LogP contribution in [0.2, 0.25) is 0 Å². The zero-order chi connectivity index (χ0) is 31.0. The molecule has 0 radical (unpaired) electrons. The average Bonchev–Trinajstić information content (AvgIpc) is 2.98. The highest BCUT2D eigenvalue weighted by molar-refractivity contribution is 5.72. The largest absolute Gasteiger partial charge is 0.463 e. The lowest BCUT2D eigenvalue weighted by Crippen LogP contribution is -2.47. The number of piperazine rings is 2. The predicted octanol–water partition coefficient (Wildman–Crippen LogP) is -0.976. The Bertz CT molecular complexity index is 786. The number of hydrogen-bond acceptors (Lipinski definition) is 15. The normalized spacial score (nSPS) is 16.1. The zero-order valence-electron chi connectivity index (χ0n) is 25.2. The Morgan fingerprint density at radius 2 is 1.21 bits per heavy atom. The van der Waals surface area contributed by atoms with Crippen LogP contribution >= 0.6 is 0 Å². The van der Waals surface area contributed by atoms with Crippen molar-refractivity contribution < 1.29 is 52.4 Å². The van der Waals surface area contributed by atoms with E-state index in [0.717, 1.165) is 52.4 Å². The maximum absolute atomic E-state index is 11.9. The van der Waals surface area contributed by atoms with E-state index in [4.69, 9.17) is 14.2 Å². The van der Waals surface area contributed by atoms with Gasteiger partial charge in [-0.05, 0) is 13.8 Å². The molecule has 0 aliphatic carbocycles. The summed E-state index contributed by atoms with van der Waals surface area (Å²) >= 11 is 0. The van der Waals surface area contributed by atoms with Crippen LogP contribution < -0.4 is 5.32 Å². The molecule has 0 spiro atoms. The van der Waals surface area contributed by atoms with Gasteiger partial charge < -0.3 is 48.4 Å². The number of esters is 4. The molecule has 2 rings (SSSR count). The van der Waals surface area contributed by atoms with Crippen molar-refractivity contribution in [3.05, 3.63) is 0 Å². The molecule has 0 aromatic rings. The fraction of sp³-hybridized carbons (Fsp3) is 0.815. The first-order chi connectivity index (χ1) is 20.2. The van der Waals surface area contributed by atoms with Crippen LogP contribution in [0.4, 0.5) is 0 Å². The number of methoxy groups -OCH3 is 1. The van der Waals surface area contributed by atoms with E-state index in [1.54, 1.807) is 0 Å². The van der Waals surface area contributed by atoms with Gasteiger partial charge in [0.1, 0.15) is 6.61 Å². The Morgan fingerprint density at radius 3 is 1.69 bits per heavy atom. The lowest BCUT2D eigenvalue weighted by atomic mass is 10.2. The first-order valence-corrected chi connectivity index (χ1v) is 14.3. The van der Waals surface area contributed by atoms with Crippen molar-refractivity contribution in [3.63, 3.8) is 0 Å². The summed E-state index contributed by atoms with van der Waals surface area (Å²) in [5.41, 5.74) is 0. The van der Waals surface area contributed by atoms with Crippen molar-refractivity contribution in [1.29, 1.82) is 0 Å². The molecule has 1 N–H and O–H groups in total. The third-order valence-corrected chi connectivity index (χ3v) is 6.20. The molecule has 15 heteroatoms. The van der Waals surface area contributed by atoms with Crippen LogP contribution in [-0.4, -0.2) is 157 Å². The van der Waals surface area contributed by atoms with Crippen LogP contribution in [0, 0.1) is 0 Å². The molecule has 0 saturated carbocycles. The fourth-order valence-corrected chi connectivity index (χ4v) is 3.93. The van der Waals surface area contributed by atoms with Crippen LogP contribution in [0.5, 0.6) is 0 Å². The molecule has 2 aliphatic heterocycles.